The van der Waals surface area contributed by atoms with Crippen LogP contribution in [0.3, 0.4) is 0 Å². The number of carbonyl (C=O) groups excluding carboxylic acids is 1. The van der Waals surface area contributed by atoms with Gasteiger partial charge in [0.05, 0.1) is 28.0 Å². The summed E-state index contributed by atoms with van der Waals surface area (Å²) in [6, 6.07) is 16.7. The van der Waals surface area contributed by atoms with Crippen LogP contribution in [0, 0.1) is 11.3 Å². The number of carbonyl (C=O) groups is 1. The van der Waals surface area contributed by atoms with Gasteiger partial charge in [0.2, 0.25) is 5.91 Å². The molecule has 3 rings (SSSR count). The van der Waals surface area contributed by atoms with Gasteiger partial charge in [-0.15, -0.1) is 0 Å². The number of hydrogen-bond donors (Lipinski definition) is 1. The molecule has 1 atom stereocenters. The van der Waals surface area contributed by atoms with Gasteiger partial charge in [0, 0.05) is 26.2 Å². The van der Waals surface area contributed by atoms with E-state index in [4.69, 9.17) is 16.9 Å². The molecule has 2 aromatic rings. The monoisotopic (exact) mass is 368 g/mol. The smallest absolute Gasteiger partial charge is 0.241 e. The molecule has 1 fully saturated rings. The van der Waals surface area contributed by atoms with Gasteiger partial charge in [0.25, 0.3) is 0 Å². The van der Waals surface area contributed by atoms with Gasteiger partial charge in [-0.1, -0.05) is 35.9 Å². The maximum Gasteiger partial charge on any atom is 0.241 e. The second-order valence-corrected chi connectivity index (χ2v) is 6.70. The molecule has 1 N–H and O–H groups in total. The van der Waals surface area contributed by atoms with Gasteiger partial charge < -0.3 is 10.2 Å². The summed E-state index contributed by atoms with van der Waals surface area (Å²) in [5.74, 6) is -0.0982. The third kappa shape index (κ3) is 3.98. The SMILES string of the molecule is C[C@@H](C(=O)Nc1ccccc1C#N)N1CCN(c2ccccc2Cl)CC1. The van der Waals surface area contributed by atoms with Crippen molar-refractivity contribution in [3.05, 3.63) is 59.1 Å². The highest BCUT2D eigenvalue weighted by Gasteiger charge is 2.26. The van der Waals surface area contributed by atoms with E-state index < -0.39 is 0 Å². The van der Waals surface area contributed by atoms with Crippen LogP contribution in [0.2, 0.25) is 5.02 Å². The van der Waals surface area contributed by atoms with Crippen molar-refractivity contribution >= 4 is 28.9 Å². The Morgan fingerprint density at radius 1 is 1.12 bits per heavy atom. The number of nitriles is 1. The van der Waals surface area contributed by atoms with Gasteiger partial charge >= 0.3 is 0 Å². The molecular formula is C20H21ClN4O. The maximum atomic E-state index is 12.6. The highest BCUT2D eigenvalue weighted by atomic mass is 35.5. The van der Waals surface area contributed by atoms with E-state index in [1.165, 1.54) is 0 Å². The molecule has 134 valence electrons. The molecule has 0 aromatic heterocycles. The lowest BCUT2D eigenvalue weighted by molar-refractivity contribution is -0.120. The predicted molar refractivity (Wildman–Crippen MR) is 104 cm³/mol. The van der Waals surface area contributed by atoms with Crippen LogP contribution in [0.4, 0.5) is 11.4 Å². The fourth-order valence-corrected chi connectivity index (χ4v) is 3.41. The lowest BCUT2D eigenvalue weighted by Crippen LogP contribution is -2.52. The standard InChI is InChI=1S/C20H21ClN4O/c1-15(20(26)23-18-8-4-2-6-16(18)14-22)24-10-12-25(13-11-24)19-9-5-3-7-17(19)21/h2-9,15H,10-13H2,1H3,(H,23,26)/t15-/m0/s1. The van der Waals surface area contributed by atoms with Crippen LogP contribution < -0.4 is 10.2 Å². The van der Waals surface area contributed by atoms with Crippen LogP contribution in [0.1, 0.15) is 12.5 Å². The minimum absolute atomic E-state index is 0.0982. The minimum atomic E-state index is -0.268. The Bertz CT molecular complexity index is 825. The number of piperazine rings is 1. The van der Waals surface area contributed by atoms with Crippen LogP contribution in [0.25, 0.3) is 0 Å². The van der Waals surface area contributed by atoms with Gasteiger partial charge in [0.15, 0.2) is 0 Å². The molecule has 1 heterocycles. The summed E-state index contributed by atoms with van der Waals surface area (Å²) in [6.07, 6.45) is 0. The van der Waals surface area contributed by atoms with Gasteiger partial charge in [-0.2, -0.15) is 5.26 Å². The van der Waals surface area contributed by atoms with E-state index in [2.05, 4.69) is 21.2 Å². The van der Waals surface area contributed by atoms with Crippen molar-refractivity contribution < 1.29 is 4.79 Å². The minimum Gasteiger partial charge on any atom is -0.368 e. The first-order chi connectivity index (χ1) is 12.6. The summed E-state index contributed by atoms with van der Waals surface area (Å²) in [5.41, 5.74) is 2.06. The zero-order chi connectivity index (χ0) is 18.5. The maximum absolute atomic E-state index is 12.6. The average Bonchev–Trinajstić information content (AvgIpc) is 2.68. The van der Waals surface area contributed by atoms with E-state index in [-0.39, 0.29) is 11.9 Å². The average molecular weight is 369 g/mol. The predicted octanol–water partition coefficient (Wildman–Crippen LogP) is 3.36. The summed E-state index contributed by atoms with van der Waals surface area (Å²) in [5, 5.41) is 12.8. The first kappa shape index (κ1) is 18.2. The molecule has 0 bridgehead atoms. The van der Waals surface area contributed by atoms with Crippen molar-refractivity contribution in [2.24, 2.45) is 0 Å². The summed E-state index contributed by atoms with van der Waals surface area (Å²) in [7, 11) is 0. The lowest BCUT2D eigenvalue weighted by Gasteiger charge is -2.38. The molecule has 1 aliphatic heterocycles. The quantitative estimate of drug-likeness (QED) is 0.898. The molecule has 0 saturated carbocycles. The molecule has 0 unspecified atom stereocenters. The Hall–Kier alpha value is -2.55. The van der Waals surface area contributed by atoms with Gasteiger partial charge in [-0.25, -0.2) is 0 Å². The highest BCUT2D eigenvalue weighted by Crippen LogP contribution is 2.26. The number of amides is 1. The molecule has 2 aromatic carbocycles. The number of benzene rings is 2. The van der Waals surface area contributed by atoms with Crippen molar-refractivity contribution in [1.82, 2.24) is 4.90 Å². The van der Waals surface area contributed by atoms with Crippen LogP contribution in [0.5, 0.6) is 0 Å². The molecule has 0 radical (unpaired) electrons. The normalized spacial score (nSPS) is 16.0. The number of nitrogens with one attached hydrogen (secondary N) is 1. The fraction of sp³-hybridized carbons (Fsp3) is 0.300. The van der Waals surface area contributed by atoms with Crippen LogP contribution >= 0.6 is 11.6 Å². The second kappa shape index (κ2) is 8.22. The molecule has 6 heteroatoms. The van der Waals surface area contributed by atoms with E-state index >= 15 is 0 Å². The third-order valence-electron chi connectivity index (χ3n) is 4.74. The summed E-state index contributed by atoms with van der Waals surface area (Å²) in [6.45, 7) is 5.08. The largest absolute Gasteiger partial charge is 0.368 e. The first-order valence-electron chi connectivity index (χ1n) is 8.63. The molecule has 1 amide bonds. The third-order valence-corrected chi connectivity index (χ3v) is 5.06. The van der Waals surface area contributed by atoms with E-state index in [0.29, 0.717) is 11.3 Å². The topological polar surface area (TPSA) is 59.4 Å². The van der Waals surface area contributed by atoms with Crippen molar-refractivity contribution in [2.45, 2.75) is 13.0 Å². The number of para-hydroxylation sites is 2. The lowest BCUT2D eigenvalue weighted by atomic mass is 10.1. The summed E-state index contributed by atoms with van der Waals surface area (Å²) in [4.78, 5) is 17.0. The first-order valence-corrected chi connectivity index (χ1v) is 9.01. The Kier molecular flexibility index (Phi) is 5.77. The summed E-state index contributed by atoms with van der Waals surface area (Å²) < 4.78 is 0. The Morgan fingerprint density at radius 3 is 2.46 bits per heavy atom. The summed E-state index contributed by atoms with van der Waals surface area (Å²) >= 11 is 6.28. The van der Waals surface area contributed by atoms with Gasteiger partial charge in [0.1, 0.15) is 6.07 Å². The molecule has 5 nitrogen and oxygen atoms in total. The van der Waals surface area contributed by atoms with E-state index in [1.54, 1.807) is 18.2 Å². The zero-order valence-corrected chi connectivity index (χ0v) is 15.4. The molecule has 0 spiro atoms. The Labute approximate surface area is 158 Å². The van der Waals surface area contributed by atoms with Crippen LogP contribution in [-0.2, 0) is 4.79 Å². The van der Waals surface area contributed by atoms with Crippen LogP contribution in [-0.4, -0.2) is 43.0 Å². The number of hydrogen-bond acceptors (Lipinski definition) is 4. The van der Waals surface area contributed by atoms with Crippen molar-refractivity contribution in [1.29, 1.82) is 5.26 Å². The van der Waals surface area contributed by atoms with E-state index in [1.807, 2.05) is 37.3 Å². The number of anilines is 2. The van der Waals surface area contributed by atoms with Crippen molar-refractivity contribution in [2.75, 3.05) is 36.4 Å². The second-order valence-electron chi connectivity index (χ2n) is 6.30. The van der Waals surface area contributed by atoms with Crippen molar-refractivity contribution in [3.8, 4) is 6.07 Å². The van der Waals surface area contributed by atoms with Crippen molar-refractivity contribution in [3.63, 3.8) is 0 Å². The zero-order valence-electron chi connectivity index (χ0n) is 14.7. The molecular weight excluding hydrogens is 348 g/mol. The molecule has 1 saturated heterocycles. The van der Waals surface area contributed by atoms with E-state index in [0.717, 1.165) is 36.9 Å². The number of rotatable bonds is 4. The molecule has 1 aliphatic rings. The number of halogens is 1. The molecule has 0 aliphatic carbocycles. The molecule has 26 heavy (non-hydrogen) atoms. The Balaban J connectivity index is 1.60. The Morgan fingerprint density at radius 2 is 1.77 bits per heavy atom. The van der Waals surface area contributed by atoms with E-state index in [9.17, 15) is 4.79 Å². The fourth-order valence-electron chi connectivity index (χ4n) is 3.15. The van der Waals surface area contributed by atoms with Gasteiger partial charge in [-0.05, 0) is 31.2 Å². The highest BCUT2D eigenvalue weighted by molar-refractivity contribution is 6.33. The van der Waals surface area contributed by atoms with Crippen LogP contribution in [0.15, 0.2) is 48.5 Å². The number of nitrogens with zero attached hydrogens (tertiary/aromatic N) is 3. The van der Waals surface area contributed by atoms with Gasteiger partial charge in [-0.3, -0.25) is 9.69 Å².